The van der Waals surface area contributed by atoms with Crippen LogP contribution in [0.5, 0.6) is 0 Å². The first-order valence-corrected chi connectivity index (χ1v) is 3.83. The summed E-state index contributed by atoms with van der Waals surface area (Å²) in [5.41, 5.74) is 3.20. The molecule has 11 heavy (non-hydrogen) atoms. The van der Waals surface area contributed by atoms with Crippen LogP contribution >= 0.6 is 0 Å². The monoisotopic (exact) mass is 148 g/mol. The van der Waals surface area contributed by atoms with E-state index in [-0.39, 0.29) is 0 Å². The van der Waals surface area contributed by atoms with Gasteiger partial charge in [-0.3, -0.25) is 4.79 Å². The third-order valence-electron chi connectivity index (χ3n) is 1.93. The molecule has 0 amide bonds. The maximum atomic E-state index is 10.5. The van der Waals surface area contributed by atoms with Crippen LogP contribution in [-0.4, -0.2) is 6.29 Å². The second kappa shape index (κ2) is 3.33. The molecule has 1 aromatic rings. The molecule has 1 aromatic carbocycles. The van der Waals surface area contributed by atoms with Crippen molar-refractivity contribution < 1.29 is 4.79 Å². The average Bonchev–Trinajstić information content (AvgIpc) is 2.04. The van der Waals surface area contributed by atoms with Crippen LogP contribution in [0.25, 0.3) is 0 Å². The fraction of sp³-hybridized carbons (Fsp3) is 0.300. The summed E-state index contributed by atoms with van der Waals surface area (Å²) in [6.45, 7) is 4.10. The molecular formula is C10H12O. The fourth-order valence-corrected chi connectivity index (χ4v) is 1.32. The predicted molar refractivity (Wildman–Crippen MR) is 45.9 cm³/mol. The van der Waals surface area contributed by atoms with Gasteiger partial charge in [-0.25, -0.2) is 0 Å². The Kier molecular flexibility index (Phi) is 2.42. The van der Waals surface area contributed by atoms with E-state index in [0.717, 1.165) is 18.3 Å². The van der Waals surface area contributed by atoms with Gasteiger partial charge in [-0.15, -0.1) is 0 Å². The molecule has 0 fully saturated rings. The van der Waals surface area contributed by atoms with Crippen molar-refractivity contribution in [3.8, 4) is 0 Å². The summed E-state index contributed by atoms with van der Waals surface area (Å²) in [5.74, 6) is 0. The highest BCUT2D eigenvalue weighted by molar-refractivity contribution is 5.77. The van der Waals surface area contributed by atoms with Crippen LogP contribution in [0, 0.1) is 6.92 Å². The van der Waals surface area contributed by atoms with Crippen molar-refractivity contribution in [3.63, 3.8) is 0 Å². The largest absolute Gasteiger partial charge is 0.298 e. The minimum absolute atomic E-state index is 0.826. The summed E-state index contributed by atoms with van der Waals surface area (Å²) in [4.78, 5) is 10.5. The van der Waals surface area contributed by atoms with Gasteiger partial charge < -0.3 is 0 Å². The Balaban J connectivity index is 3.23. The SMILES string of the molecule is CCc1c(C)cccc1C=O. The molecule has 0 unspecified atom stereocenters. The lowest BCUT2D eigenvalue weighted by molar-refractivity contribution is 0.112. The van der Waals surface area contributed by atoms with Crippen LogP contribution in [0.3, 0.4) is 0 Å². The normalized spacial score (nSPS) is 9.64. The van der Waals surface area contributed by atoms with Crippen LogP contribution in [0.15, 0.2) is 18.2 Å². The van der Waals surface area contributed by atoms with Gasteiger partial charge in [0, 0.05) is 5.56 Å². The first kappa shape index (κ1) is 7.99. The van der Waals surface area contributed by atoms with Crippen molar-refractivity contribution in [1.29, 1.82) is 0 Å². The molecular weight excluding hydrogens is 136 g/mol. The molecule has 1 nitrogen and oxygen atoms in total. The lowest BCUT2D eigenvalue weighted by atomic mass is 10.0. The van der Waals surface area contributed by atoms with Gasteiger partial charge in [0.05, 0.1) is 0 Å². The molecule has 0 heterocycles. The molecule has 0 radical (unpaired) electrons. The smallest absolute Gasteiger partial charge is 0.150 e. The number of aryl methyl sites for hydroxylation is 1. The van der Waals surface area contributed by atoms with Crippen LogP contribution in [0.2, 0.25) is 0 Å². The number of benzene rings is 1. The molecule has 0 aromatic heterocycles. The molecule has 0 aliphatic heterocycles. The highest BCUT2D eigenvalue weighted by atomic mass is 16.1. The number of carbonyl (C=O) groups is 1. The van der Waals surface area contributed by atoms with Gasteiger partial charge in [-0.05, 0) is 24.5 Å². The van der Waals surface area contributed by atoms with E-state index >= 15 is 0 Å². The van der Waals surface area contributed by atoms with Crippen molar-refractivity contribution in [2.75, 3.05) is 0 Å². The molecule has 0 N–H and O–H groups in total. The van der Waals surface area contributed by atoms with E-state index in [2.05, 4.69) is 6.92 Å². The molecule has 0 saturated carbocycles. The molecule has 1 heteroatoms. The Bertz CT molecular complexity index is 264. The van der Waals surface area contributed by atoms with Crippen molar-refractivity contribution in [3.05, 3.63) is 34.9 Å². The van der Waals surface area contributed by atoms with Gasteiger partial charge in [0.15, 0.2) is 0 Å². The van der Waals surface area contributed by atoms with Crippen molar-refractivity contribution in [2.24, 2.45) is 0 Å². The van der Waals surface area contributed by atoms with Gasteiger partial charge in [0.2, 0.25) is 0 Å². The fourth-order valence-electron chi connectivity index (χ4n) is 1.32. The highest BCUT2D eigenvalue weighted by Crippen LogP contribution is 2.12. The minimum Gasteiger partial charge on any atom is -0.298 e. The van der Waals surface area contributed by atoms with Gasteiger partial charge >= 0.3 is 0 Å². The zero-order chi connectivity index (χ0) is 8.27. The highest BCUT2D eigenvalue weighted by Gasteiger charge is 2.00. The molecule has 0 aliphatic rings. The van der Waals surface area contributed by atoms with E-state index in [1.165, 1.54) is 11.1 Å². The van der Waals surface area contributed by atoms with E-state index in [1.54, 1.807) is 0 Å². The first-order chi connectivity index (χ1) is 5.29. The molecule has 0 aliphatic carbocycles. The zero-order valence-corrected chi connectivity index (χ0v) is 6.92. The molecule has 1 rings (SSSR count). The molecule has 0 spiro atoms. The van der Waals surface area contributed by atoms with Crippen LogP contribution in [-0.2, 0) is 6.42 Å². The van der Waals surface area contributed by atoms with Crippen molar-refractivity contribution in [2.45, 2.75) is 20.3 Å². The summed E-state index contributed by atoms with van der Waals surface area (Å²) in [7, 11) is 0. The number of rotatable bonds is 2. The number of hydrogen-bond donors (Lipinski definition) is 0. The quantitative estimate of drug-likeness (QED) is 0.588. The van der Waals surface area contributed by atoms with Crippen LogP contribution in [0.1, 0.15) is 28.4 Å². The van der Waals surface area contributed by atoms with Crippen molar-refractivity contribution in [1.82, 2.24) is 0 Å². The third kappa shape index (κ3) is 1.48. The van der Waals surface area contributed by atoms with E-state index < -0.39 is 0 Å². The van der Waals surface area contributed by atoms with Crippen molar-refractivity contribution >= 4 is 6.29 Å². The maximum Gasteiger partial charge on any atom is 0.150 e. The molecule has 0 atom stereocenters. The summed E-state index contributed by atoms with van der Waals surface area (Å²) < 4.78 is 0. The minimum atomic E-state index is 0.826. The molecule has 58 valence electrons. The van der Waals surface area contributed by atoms with E-state index in [0.29, 0.717) is 0 Å². The van der Waals surface area contributed by atoms with Crippen LogP contribution < -0.4 is 0 Å². The van der Waals surface area contributed by atoms with Gasteiger partial charge in [0.1, 0.15) is 6.29 Å². The van der Waals surface area contributed by atoms with E-state index in [1.807, 2.05) is 25.1 Å². The predicted octanol–water partition coefficient (Wildman–Crippen LogP) is 2.37. The summed E-state index contributed by atoms with van der Waals surface area (Å²) in [6, 6.07) is 5.81. The topological polar surface area (TPSA) is 17.1 Å². The lowest BCUT2D eigenvalue weighted by Crippen LogP contribution is -1.93. The lowest BCUT2D eigenvalue weighted by Gasteiger charge is -2.04. The average molecular weight is 148 g/mol. The maximum absolute atomic E-state index is 10.5. The Morgan fingerprint density at radius 2 is 2.18 bits per heavy atom. The van der Waals surface area contributed by atoms with Gasteiger partial charge in [-0.2, -0.15) is 0 Å². The second-order valence-corrected chi connectivity index (χ2v) is 2.61. The van der Waals surface area contributed by atoms with Crippen LogP contribution in [0.4, 0.5) is 0 Å². The Morgan fingerprint density at radius 1 is 1.45 bits per heavy atom. The Morgan fingerprint density at radius 3 is 2.64 bits per heavy atom. The summed E-state index contributed by atoms with van der Waals surface area (Å²) >= 11 is 0. The number of aldehydes is 1. The molecule has 0 saturated heterocycles. The van der Waals surface area contributed by atoms with Gasteiger partial charge in [0.25, 0.3) is 0 Å². The Labute approximate surface area is 67.1 Å². The first-order valence-electron chi connectivity index (χ1n) is 3.83. The van der Waals surface area contributed by atoms with E-state index in [4.69, 9.17) is 0 Å². The van der Waals surface area contributed by atoms with Gasteiger partial charge in [-0.1, -0.05) is 25.1 Å². The standard InChI is InChI=1S/C10H12O/c1-3-10-8(2)5-4-6-9(10)7-11/h4-7H,3H2,1-2H3. The number of hydrogen-bond acceptors (Lipinski definition) is 1. The summed E-state index contributed by atoms with van der Waals surface area (Å²) in [6.07, 6.45) is 1.85. The Hall–Kier alpha value is -1.11. The third-order valence-corrected chi connectivity index (χ3v) is 1.93. The molecule has 0 bridgehead atoms. The zero-order valence-electron chi connectivity index (χ0n) is 6.92. The number of carbonyl (C=O) groups excluding carboxylic acids is 1. The summed E-state index contributed by atoms with van der Waals surface area (Å²) in [5, 5.41) is 0. The second-order valence-electron chi connectivity index (χ2n) is 2.61. The van der Waals surface area contributed by atoms with E-state index in [9.17, 15) is 4.79 Å².